The Bertz CT molecular complexity index is 845. The SMILES string of the molecule is CC(=O)OCC12C3CC(C)C4(CC(c5ccoc5)OC4=O)C1CCCC2C(=O)O3. The molecule has 7 heteroatoms. The molecule has 0 N–H and O–H groups in total. The highest BCUT2D eigenvalue weighted by Crippen LogP contribution is 2.69. The molecule has 1 aromatic rings. The van der Waals surface area contributed by atoms with Crippen LogP contribution in [0.15, 0.2) is 23.0 Å². The van der Waals surface area contributed by atoms with Crippen LogP contribution in [0.1, 0.15) is 57.6 Å². The lowest BCUT2D eigenvalue weighted by Crippen LogP contribution is -2.62. The van der Waals surface area contributed by atoms with E-state index in [1.54, 1.807) is 12.5 Å². The number of rotatable bonds is 3. The van der Waals surface area contributed by atoms with E-state index < -0.39 is 10.8 Å². The van der Waals surface area contributed by atoms with Crippen molar-refractivity contribution in [1.82, 2.24) is 0 Å². The minimum Gasteiger partial charge on any atom is -0.472 e. The Morgan fingerprint density at radius 2 is 2.10 bits per heavy atom. The van der Waals surface area contributed by atoms with Gasteiger partial charge >= 0.3 is 17.9 Å². The zero-order chi connectivity index (χ0) is 20.4. The molecule has 4 fully saturated rings. The van der Waals surface area contributed by atoms with Crippen molar-refractivity contribution in [2.75, 3.05) is 6.61 Å². The predicted octanol–water partition coefficient (Wildman–Crippen LogP) is 3.19. The molecule has 4 aliphatic rings. The molecule has 29 heavy (non-hydrogen) atoms. The van der Waals surface area contributed by atoms with Gasteiger partial charge in [0.2, 0.25) is 0 Å². The van der Waals surface area contributed by atoms with E-state index in [1.165, 1.54) is 6.92 Å². The minimum atomic E-state index is -0.717. The highest BCUT2D eigenvalue weighted by atomic mass is 16.6. The number of fused-ring (bicyclic) bond motifs is 1. The summed E-state index contributed by atoms with van der Waals surface area (Å²) in [7, 11) is 0. The van der Waals surface area contributed by atoms with Gasteiger partial charge in [-0.1, -0.05) is 13.3 Å². The molecular weight excluding hydrogens is 376 g/mol. The van der Waals surface area contributed by atoms with Gasteiger partial charge in [-0.05, 0) is 37.2 Å². The van der Waals surface area contributed by atoms with Gasteiger partial charge in [0, 0.05) is 18.9 Å². The molecule has 1 aromatic heterocycles. The summed E-state index contributed by atoms with van der Waals surface area (Å²) in [6.07, 6.45) is 5.98. The Balaban J connectivity index is 1.59. The van der Waals surface area contributed by atoms with Gasteiger partial charge in [0.15, 0.2) is 0 Å². The molecule has 7 nitrogen and oxygen atoms in total. The molecule has 3 heterocycles. The van der Waals surface area contributed by atoms with Gasteiger partial charge in [0.1, 0.15) is 18.8 Å². The second-order valence-corrected chi connectivity index (χ2v) is 9.19. The maximum Gasteiger partial charge on any atom is 0.313 e. The van der Waals surface area contributed by atoms with E-state index in [1.807, 2.05) is 6.07 Å². The number of hydrogen-bond acceptors (Lipinski definition) is 7. The normalized spacial score (nSPS) is 43.0. The maximum absolute atomic E-state index is 13.4. The molecule has 0 radical (unpaired) electrons. The van der Waals surface area contributed by atoms with Crippen LogP contribution in [-0.2, 0) is 28.6 Å². The second-order valence-electron chi connectivity index (χ2n) is 9.19. The van der Waals surface area contributed by atoms with Crippen molar-refractivity contribution in [1.29, 1.82) is 0 Å². The van der Waals surface area contributed by atoms with Crippen LogP contribution in [0, 0.1) is 28.6 Å². The van der Waals surface area contributed by atoms with Crippen molar-refractivity contribution in [3.05, 3.63) is 24.2 Å². The van der Waals surface area contributed by atoms with Crippen LogP contribution in [0.3, 0.4) is 0 Å². The Hall–Kier alpha value is -2.31. The van der Waals surface area contributed by atoms with Gasteiger partial charge in [0.25, 0.3) is 0 Å². The van der Waals surface area contributed by atoms with Crippen LogP contribution >= 0.6 is 0 Å². The number of hydrogen-bond donors (Lipinski definition) is 0. The van der Waals surface area contributed by atoms with Gasteiger partial charge < -0.3 is 18.6 Å². The van der Waals surface area contributed by atoms with Crippen molar-refractivity contribution >= 4 is 17.9 Å². The Morgan fingerprint density at radius 1 is 1.28 bits per heavy atom. The Morgan fingerprint density at radius 3 is 2.83 bits per heavy atom. The van der Waals surface area contributed by atoms with Gasteiger partial charge in [-0.2, -0.15) is 0 Å². The molecule has 0 bridgehead atoms. The molecule has 7 unspecified atom stereocenters. The van der Waals surface area contributed by atoms with E-state index in [-0.39, 0.29) is 54.5 Å². The van der Waals surface area contributed by atoms with Crippen molar-refractivity contribution in [3.8, 4) is 0 Å². The van der Waals surface area contributed by atoms with Crippen LogP contribution in [0.25, 0.3) is 0 Å². The molecule has 156 valence electrons. The molecule has 2 aliphatic carbocycles. The summed E-state index contributed by atoms with van der Waals surface area (Å²) in [5.74, 6) is -1.27. The largest absolute Gasteiger partial charge is 0.472 e. The highest BCUT2D eigenvalue weighted by Gasteiger charge is 2.74. The molecule has 0 amide bonds. The van der Waals surface area contributed by atoms with Crippen molar-refractivity contribution < 1.29 is 33.0 Å². The quantitative estimate of drug-likeness (QED) is 0.566. The summed E-state index contributed by atoms with van der Waals surface area (Å²) in [6, 6.07) is 1.83. The third-order valence-electron chi connectivity index (χ3n) is 8.09. The molecule has 2 aliphatic heterocycles. The number of esters is 3. The van der Waals surface area contributed by atoms with Crippen molar-refractivity contribution in [2.45, 2.75) is 58.2 Å². The molecule has 5 rings (SSSR count). The van der Waals surface area contributed by atoms with Crippen molar-refractivity contribution in [2.24, 2.45) is 28.6 Å². The molecule has 7 atom stereocenters. The molecule has 1 spiro atoms. The standard InChI is InChI=1S/C22H26O7/c1-12-8-18-22(11-27-13(2)23)15(19(24)29-18)4-3-5-17(22)21(12)9-16(28-20(21)25)14-6-7-26-10-14/h6-7,10,12,15-18H,3-5,8-9,11H2,1-2H3. The summed E-state index contributed by atoms with van der Waals surface area (Å²) in [5.41, 5.74) is -0.520. The summed E-state index contributed by atoms with van der Waals surface area (Å²) < 4.78 is 22.4. The Labute approximate surface area is 169 Å². The first-order valence-electron chi connectivity index (χ1n) is 10.5. The van der Waals surface area contributed by atoms with E-state index in [4.69, 9.17) is 18.6 Å². The smallest absolute Gasteiger partial charge is 0.313 e. The highest BCUT2D eigenvalue weighted by molar-refractivity contribution is 5.83. The first kappa shape index (κ1) is 18.7. The molecule has 0 aromatic carbocycles. The van der Waals surface area contributed by atoms with E-state index in [9.17, 15) is 14.4 Å². The van der Waals surface area contributed by atoms with Crippen LogP contribution in [0.4, 0.5) is 0 Å². The van der Waals surface area contributed by atoms with Crippen molar-refractivity contribution in [3.63, 3.8) is 0 Å². The first-order chi connectivity index (χ1) is 13.9. The minimum absolute atomic E-state index is 0.00277. The van der Waals surface area contributed by atoms with E-state index in [2.05, 4.69) is 6.92 Å². The van der Waals surface area contributed by atoms with E-state index in [0.29, 0.717) is 19.3 Å². The number of cyclic esters (lactones) is 1. The lowest BCUT2D eigenvalue weighted by molar-refractivity contribution is -0.190. The average Bonchev–Trinajstić information content (AvgIpc) is 3.38. The summed E-state index contributed by atoms with van der Waals surface area (Å²) >= 11 is 0. The average molecular weight is 402 g/mol. The first-order valence-corrected chi connectivity index (χ1v) is 10.5. The number of furan rings is 1. The summed E-state index contributed by atoms with van der Waals surface area (Å²) in [6.45, 7) is 3.55. The van der Waals surface area contributed by atoms with Gasteiger partial charge in [-0.3, -0.25) is 14.4 Å². The van der Waals surface area contributed by atoms with Crippen LogP contribution in [-0.4, -0.2) is 30.6 Å². The molecule has 2 saturated carbocycles. The topological polar surface area (TPSA) is 92.0 Å². The fraction of sp³-hybridized carbons (Fsp3) is 0.682. The number of ether oxygens (including phenoxy) is 3. The summed E-state index contributed by atoms with van der Waals surface area (Å²) in [5, 5.41) is 0. The van der Waals surface area contributed by atoms with E-state index >= 15 is 0 Å². The zero-order valence-electron chi connectivity index (χ0n) is 16.7. The summed E-state index contributed by atoms with van der Waals surface area (Å²) in [4.78, 5) is 37.9. The fourth-order valence-electron chi connectivity index (χ4n) is 6.83. The second kappa shape index (κ2) is 6.34. The predicted molar refractivity (Wildman–Crippen MR) is 98.1 cm³/mol. The number of carbonyl (C=O) groups excluding carboxylic acids is 3. The third-order valence-corrected chi connectivity index (χ3v) is 8.09. The third kappa shape index (κ3) is 2.39. The lowest BCUT2D eigenvalue weighted by atomic mass is 9.43. The maximum atomic E-state index is 13.4. The van der Waals surface area contributed by atoms with Gasteiger partial charge in [0.05, 0.1) is 29.3 Å². The number of carbonyl (C=O) groups is 3. The van der Waals surface area contributed by atoms with Crippen LogP contribution in [0.5, 0.6) is 0 Å². The van der Waals surface area contributed by atoms with E-state index in [0.717, 1.165) is 18.4 Å². The Kier molecular flexibility index (Phi) is 4.09. The van der Waals surface area contributed by atoms with Gasteiger partial charge in [-0.15, -0.1) is 0 Å². The lowest BCUT2D eigenvalue weighted by Gasteiger charge is -2.57. The van der Waals surface area contributed by atoms with Crippen LogP contribution < -0.4 is 0 Å². The monoisotopic (exact) mass is 402 g/mol. The molecular formula is C22H26O7. The van der Waals surface area contributed by atoms with Gasteiger partial charge in [-0.25, -0.2) is 0 Å². The van der Waals surface area contributed by atoms with Crippen LogP contribution in [0.2, 0.25) is 0 Å². The zero-order valence-corrected chi connectivity index (χ0v) is 16.7. The molecule has 2 saturated heterocycles. The fourth-order valence-corrected chi connectivity index (χ4v) is 6.83.